The van der Waals surface area contributed by atoms with Gasteiger partial charge >= 0.3 is 5.97 Å². The zero-order valence-corrected chi connectivity index (χ0v) is 11.5. The summed E-state index contributed by atoms with van der Waals surface area (Å²) in [5, 5.41) is 0. The summed E-state index contributed by atoms with van der Waals surface area (Å²) in [6.07, 6.45) is 0.811. The molecule has 92 valence electrons. The molecular weight excluding hydrogens is 284 g/mol. The first kappa shape index (κ1) is 12.6. The van der Waals surface area contributed by atoms with Gasteiger partial charge in [-0.3, -0.25) is 0 Å². The van der Waals surface area contributed by atoms with E-state index >= 15 is 0 Å². The van der Waals surface area contributed by atoms with Gasteiger partial charge in [0.25, 0.3) is 0 Å². The van der Waals surface area contributed by atoms with Crippen molar-refractivity contribution < 1.29 is 14.3 Å². The van der Waals surface area contributed by atoms with Gasteiger partial charge in [0.05, 0.1) is 13.2 Å². The molecule has 1 aromatic carbocycles. The second kappa shape index (κ2) is 4.78. The average molecular weight is 299 g/mol. The van der Waals surface area contributed by atoms with Crippen LogP contribution in [0.25, 0.3) is 0 Å². The molecule has 1 atom stereocenters. The Hall–Kier alpha value is -0.870. The lowest BCUT2D eigenvalue weighted by molar-refractivity contribution is -0.173. The van der Waals surface area contributed by atoms with Gasteiger partial charge in [0.1, 0.15) is 0 Å². The second-order valence-electron chi connectivity index (χ2n) is 4.12. The Bertz CT molecular complexity index is 444. The fraction of sp³-hybridized carbons (Fsp3) is 0.462. The number of benzene rings is 1. The van der Waals surface area contributed by atoms with Gasteiger partial charge in [0.2, 0.25) is 0 Å². The lowest BCUT2D eigenvalue weighted by Crippen LogP contribution is -2.41. The van der Waals surface area contributed by atoms with Gasteiger partial charge in [0, 0.05) is 4.47 Å². The predicted molar refractivity (Wildman–Crippen MR) is 67.8 cm³/mol. The summed E-state index contributed by atoms with van der Waals surface area (Å²) in [5.41, 5.74) is 1.05. The highest BCUT2D eigenvalue weighted by Gasteiger charge is 2.42. The van der Waals surface area contributed by atoms with E-state index in [0.717, 1.165) is 22.0 Å². The van der Waals surface area contributed by atoms with Gasteiger partial charge in [-0.2, -0.15) is 0 Å². The van der Waals surface area contributed by atoms with Crippen molar-refractivity contribution in [3.63, 3.8) is 0 Å². The van der Waals surface area contributed by atoms with Crippen LogP contribution in [0.3, 0.4) is 0 Å². The van der Waals surface area contributed by atoms with Crippen molar-refractivity contribution in [2.45, 2.75) is 25.9 Å². The first-order chi connectivity index (χ1) is 8.09. The summed E-state index contributed by atoms with van der Waals surface area (Å²) in [7, 11) is 0. The van der Waals surface area contributed by atoms with E-state index in [1.807, 2.05) is 18.2 Å². The molecule has 0 N–H and O–H groups in total. The van der Waals surface area contributed by atoms with Crippen LogP contribution in [-0.2, 0) is 26.3 Å². The first-order valence-corrected chi connectivity index (χ1v) is 6.48. The minimum absolute atomic E-state index is 0.320. The molecule has 1 unspecified atom stereocenters. The van der Waals surface area contributed by atoms with Crippen LogP contribution in [-0.4, -0.2) is 19.2 Å². The molecule has 0 bridgehead atoms. The predicted octanol–water partition coefficient (Wildman–Crippen LogP) is 2.80. The molecule has 0 amide bonds. The van der Waals surface area contributed by atoms with Gasteiger partial charge in [-0.25, -0.2) is 4.79 Å². The molecule has 0 fully saturated rings. The minimum Gasteiger partial charge on any atom is -0.464 e. The highest BCUT2D eigenvalue weighted by molar-refractivity contribution is 9.10. The monoisotopic (exact) mass is 298 g/mol. The summed E-state index contributed by atoms with van der Waals surface area (Å²) in [4.78, 5) is 12.0. The van der Waals surface area contributed by atoms with E-state index in [2.05, 4.69) is 15.9 Å². The Morgan fingerprint density at radius 2 is 2.35 bits per heavy atom. The van der Waals surface area contributed by atoms with Crippen molar-refractivity contribution in [1.29, 1.82) is 0 Å². The first-order valence-electron chi connectivity index (χ1n) is 5.68. The van der Waals surface area contributed by atoms with Gasteiger partial charge in [-0.15, -0.1) is 0 Å². The van der Waals surface area contributed by atoms with E-state index in [-0.39, 0.29) is 5.97 Å². The van der Waals surface area contributed by atoms with Gasteiger partial charge in [-0.05, 0) is 37.5 Å². The number of halogens is 1. The summed E-state index contributed by atoms with van der Waals surface area (Å²) in [6.45, 7) is 4.47. The Kier molecular flexibility index (Phi) is 3.54. The van der Waals surface area contributed by atoms with E-state index in [1.165, 1.54) is 0 Å². The number of rotatable bonds is 2. The minimum atomic E-state index is -0.979. The standard InChI is InChI=1S/C13H15BrO3/c1-3-16-12(15)13(2)10-5-4-6-11(14)9(10)7-8-17-13/h4-6H,3,7-8H2,1-2H3. The third kappa shape index (κ3) is 2.11. The fourth-order valence-electron chi connectivity index (χ4n) is 2.13. The molecular formula is C13H15BrO3. The van der Waals surface area contributed by atoms with Crippen LogP contribution in [0, 0.1) is 0 Å². The Morgan fingerprint density at radius 1 is 1.59 bits per heavy atom. The van der Waals surface area contributed by atoms with E-state index in [1.54, 1.807) is 13.8 Å². The summed E-state index contributed by atoms with van der Waals surface area (Å²) >= 11 is 3.51. The molecule has 2 rings (SSSR count). The summed E-state index contributed by atoms with van der Waals surface area (Å²) in [5.74, 6) is -0.320. The number of esters is 1. The van der Waals surface area contributed by atoms with Crippen LogP contribution in [0.5, 0.6) is 0 Å². The van der Waals surface area contributed by atoms with Gasteiger partial charge in [-0.1, -0.05) is 28.1 Å². The Labute approximate surface area is 109 Å². The largest absolute Gasteiger partial charge is 0.464 e. The number of fused-ring (bicyclic) bond motifs is 1. The normalized spacial score (nSPS) is 23.0. The maximum absolute atomic E-state index is 12.0. The highest BCUT2D eigenvalue weighted by Crippen LogP contribution is 2.37. The topological polar surface area (TPSA) is 35.5 Å². The Balaban J connectivity index is 2.47. The van der Waals surface area contributed by atoms with Gasteiger partial charge < -0.3 is 9.47 Å². The van der Waals surface area contributed by atoms with E-state index in [0.29, 0.717) is 13.2 Å². The second-order valence-corrected chi connectivity index (χ2v) is 4.97. The van der Waals surface area contributed by atoms with E-state index in [4.69, 9.17) is 9.47 Å². The molecule has 0 radical (unpaired) electrons. The van der Waals surface area contributed by atoms with Crippen LogP contribution in [0.2, 0.25) is 0 Å². The van der Waals surface area contributed by atoms with Crippen molar-refractivity contribution in [3.8, 4) is 0 Å². The molecule has 1 aliphatic heterocycles. The Morgan fingerprint density at radius 3 is 3.06 bits per heavy atom. The van der Waals surface area contributed by atoms with Crippen molar-refractivity contribution in [2.24, 2.45) is 0 Å². The van der Waals surface area contributed by atoms with Crippen LogP contribution >= 0.6 is 15.9 Å². The van der Waals surface area contributed by atoms with E-state index < -0.39 is 5.60 Å². The van der Waals surface area contributed by atoms with Crippen LogP contribution < -0.4 is 0 Å². The molecule has 4 heteroatoms. The highest BCUT2D eigenvalue weighted by atomic mass is 79.9. The molecule has 0 spiro atoms. The number of ether oxygens (including phenoxy) is 2. The number of carbonyl (C=O) groups is 1. The van der Waals surface area contributed by atoms with Crippen molar-refractivity contribution >= 4 is 21.9 Å². The van der Waals surface area contributed by atoms with Crippen LogP contribution in [0.4, 0.5) is 0 Å². The zero-order valence-electron chi connectivity index (χ0n) is 9.96. The molecule has 1 heterocycles. The zero-order chi connectivity index (χ0) is 12.5. The molecule has 0 saturated carbocycles. The third-order valence-electron chi connectivity index (χ3n) is 3.04. The lowest BCUT2D eigenvalue weighted by Gasteiger charge is -2.34. The molecule has 17 heavy (non-hydrogen) atoms. The van der Waals surface area contributed by atoms with Crippen LogP contribution in [0.1, 0.15) is 25.0 Å². The maximum Gasteiger partial charge on any atom is 0.342 e. The molecule has 0 aliphatic carbocycles. The van der Waals surface area contributed by atoms with Crippen molar-refractivity contribution in [2.75, 3.05) is 13.2 Å². The number of hydrogen-bond donors (Lipinski definition) is 0. The molecule has 3 nitrogen and oxygen atoms in total. The summed E-state index contributed by atoms with van der Waals surface area (Å²) in [6, 6.07) is 5.82. The molecule has 0 saturated heterocycles. The average Bonchev–Trinajstić information content (AvgIpc) is 2.31. The van der Waals surface area contributed by atoms with Crippen molar-refractivity contribution in [3.05, 3.63) is 33.8 Å². The molecule has 1 aliphatic rings. The SMILES string of the molecule is CCOC(=O)C1(C)OCCc2c(Br)cccc21. The van der Waals surface area contributed by atoms with Crippen molar-refractivity contribution in [1.82, 2.24) is 0 Å². The third-order valence-corrected chi connectivity index (χ3v) is 3.78. The lowest BCUT2D eigenvalue weighted by atomic mass is 9.88. The smallest absolute Gasteiger partial charge is 0.342 e. The molecule has 0 aromatic heterocycles. The van der Waals surface area contributed by atoms with Crippen LogP contribution in [0.15, 0.2) is 22.7 Å². The number of carbonyl (C=O) groups excluding carboxylic acids is 1. The quantitative estimate of drug-likeness (QED) is 0.788. The van der Waals surface area contributed by atoms with E-state index in [9.17, 15) is 4.79 Å². The van der Waals surface area contributed by atoms with Gasteiger partial charge in [0.15, 0.2) is 5.60 Å². The fourth-order valence-corrected chi connectivity index (χ4v) is 2.70. The number of hydrogen-bond acceptors (Lipinski definition) is 3. The summed E-state index contributed by atoms with van der Waals surface area (Å²) < 4.78 is 11.8. The molecule has 1 aromatic rings. The maximum atomic E-state index is 12.0.